The summed E-state index contributed by atoms with van der Waals surface area (Å²) < 4.78 is 25.9. The number of sulfonamides is 1. The molecule has 0 atom stereocenters. The number of nitrogens with zero attached hydrogens (tertiary/aromatic N) is 1. The third-order valence-electron chi connectivity index (χ3n) is 3.13. The van der Waals surface area contributed by atoms with Gasteiger partial charge in [-0.2, -0.15) is 0 Å². The van der Waals surface area contributed by atoms with Gasteiger partial charge in [-0.15, -0.1) is 12.4 Å². The average Bonchev–Trinajstić information content (AvgIpc) is 2.83. The van der Waals surface area contributed by atoms with Crippen molar-refractivity contribution in [2.45, 2.75) is 25.1 Å². The highest BCUT2D eigenvalue weighted by Crippen LogP contribution is 2.19. The molecule has 1 saturated heterocycles. The monoisotopic (exact) mass is 290 g/mol. The summed E-state index contributed by atoms with van der Waals surface area (Å²) in [6.07, 6.45) is 1.94. The molecule has 0 saturated carbocycles. The predicted octanol–water partition coefficient (Wildman–Crippen LogP) is 1.49. The average molecular weight is 291 g/mol. The number of hydrogen-bond donors (Lipinski definition) is 1. The first-order chi connectivity index (χ1) is 8.13. The molecule has 102 valence electrons. The van der Waals surface area contributed by atoms with Gasteiger partial charge in [0.25, 0.3) is 0 Å². The van der Waals surface area contributed by atoms with Gasteiger partial charge in [0.1, 0.15) is 0 Å². The van der Waals surface area contributed by atoms with E-state index in [2.05, 4.69) is 0 Å². The molecule has 2 N–H and O–H groups in total. The van der Waals surface area contributed by atoms with Crippen molar-refractivity contribution in [3.05, 3.63) is 35.4 Å². The SMILES string of the molecule is Cl.NCc1ccccc1CS(=O)(=O)N1CCCC1. The summed E-state index contributed by atoms with van der Waals surface area (Å²) in [6, 6.07) is 7.47. The fourth-order valence-corrected chi connectivity index (χ4v) is 3.82. The van der Waals surface area contributed by atoms with Crippen LogP contribution in [0.25, 0.3) is 0 Å². The van der Waals surface area contributed by atoms with Gasteiger partial charge in [0.05, 0.1) is 5.75 Å². The highest BCUT2D eigenvalue weighted by atomic mass is 35.5. The molecule has 18 heavy (non-hydrogen) atoms. The highest BCUT2D eigenvalue weighted by Gasteiger charge is 2.25. The number of rotatable bonds is 4. The van der Waals surface area contributed by atoms with E-state index in [-0.39, 0.29) is 18.2 Å². The van der Waals surface area contributed by atoms with Crippen LogP contribution in [0.5, 0.6) is 0 Å². The molecule has 1 aromatic carbocycles. The summed E-state index contributed by atoms with van der Waals surface area (Å²) in [6.45, 7) is 1.70. The lowest BCUT2D eigenvalue weighted by molar-refractivity contribution is 0.476. The molecule has 6 heteroatoms. The molecular weight excluding hydrogens is 272 g/mol. The van der Waals surface area contributed by atoms with E-state index in [1.807, 2.05) is 24.3 Å². The quantitative estimate of drug-likeness (QED) is 0.914. The van der Waals surface area contributed by atoms with Crippen LogP contribution in [0, 0.1) is 0 Å². The zero-order valence-corrected chi connectivity index (χ0v) is 11.8. The lowest BCUT2D eigenvalue weighted by atomic mass is 10.1. The van der Waals surface area contributed by atoms with Crippen LogP contribution in [0.2, 0.25) is 0 Å². The Labute approximate surface area is 115 Å². The van der Waals surface area contributed by atoms with E-state index in [1.54, 1.807) is 4.31 Å². The number of hydrogen-bond acceptors (Lipinski definition) is 3. The summed E-state index contributed by atoms with van der Waals surface area (Å²) in [5.74, 6) is 0.0698. The molecular formula is C12H19ClN2O2S. The van der Waals surface area contributed by atoms with Crippen LogP contribution < -0.4 is 5.73 Å². The number of halogens is 1. The maximum absolute atomic E-state index is 12.2. The summed E-state index contributed by atoms with van der Waals surface area (Å²) in [5, 5.41) is 0. The second-order valence-electron chi connectivity index (χ2n) is 4.34. The van der Waals surface area contributed by atoms with Crippen molar-refractivity contribution in [2.24, 2.45) is 5.73 Å². The minimum atomic E-state index is -3.17. The smallest absolute Gasteiger partial charge is 0.218 e. The topological polar surface area (TPSA) is 63.4 Å². The van der Waals surface area contributed by atoms with Gasteiger partial charge >= 0.3 is 0 Å². The van der Waals surface area contributed by atoms with Gasteiger partial charge in [-0.1, -0.05) is 24.3 Å². The van der Waals surface area contributed by atoms with Crippen molar-refractivity contribution in [2.75, 3.05) is 13.1 Å². The summed E-state index contributed by atoms with van der Waals surface area (Å²) >= 11 is 0. The molecule has 0 spiro atoms. The second kappa shape index (κ2) is 6.52. The first-order valence-electron chi connectivity index (χ1n) is 5.88. The lowest BCUT2D eigenvalue weighted by Crippen LogP contribution is -2.29. The second-order valence-corrected chi connectivity index (χ2v) is 6.30. The maximum atomic E-state index is 12.2. The highest BCUT2D eigenvalue weighted by molar-refractivity contribution is 7.88. The van der Waals surface area contributed by atoms with Crippen LogP contribution in [0.15, 0.2) is 24.3 Å². The molecule has 2 rings (SSSR count). The van der Waals surface area contributed by atoms with Crippen molar-refractivity contribution < 1.29 is 8.42 Å². The van der Waals surface area contributed by atoms with Gasteiger partial charge < -0.3 is 5.73 Å². The third-order valence-corrected chi connectivity index (χ3v) is 4.96. The van der Waals surface area contributed by atoms with Crippen molar-refractivity contribution in [1.82, 2.24) is 4.31 Å². The minimum Gasteiger partial charge on any atom is -0.326 e. The summed E-state index contributed by atoms with van der Waals surface area (Å²) in [7, 11) is -3.17. The molecule has 0 amide bonds. The van der Waals surface area contributed by atoms with Crippen LogP contribution in [0.1, 0.15) is 24.0 Å². The van der Waals surface area contributed by atoms with Crippen LogP contribution in [-0.2, 0) is 22.3 Å². The molecule has 1 heterocycles. The molecule has 0 unspecified atom stereocenters. The van der Waals surface area contributed by atoms with E-state index in [9.17, 15) is 8.42 Å². The molecule has 1 fully saturated rings. The molecule has 0 bridgehead atoms. The number of nitrogens with two attached hydrogens (primary N) is 1. The third kappa shape index (κ3) is 3.45. The van der Waals surface area contributed by atoms with E-state index >= 15 is 0 Å². The van der Waals surface area contributed by atoms with Gasteiger partial charge in [0, 0.05) is 19.6 Å². The van der Waals surface area contributed by atoms with Gasteiger partial charge in [-0.05, 0) is 24.0 Å². The van der Waals surface area contributed by atoms with Crippen LogP contribution in [0.4, 0.5) is 0 Å². The van der Waals surface area contributed by atoms with Crippen LogP contribution >= 0.6 is 12.4 Å². The van der Waals surface area contributed by atoms with Crippen LogP contribution in [-0.4, -0.2) is 25.8 Å². The Balaban J connectivity index is 0.00000162. The van der Waals surface area contributed by atoms with E-state index < -0.39 is 10.0 Å². The lowest BCUT2D eigenvalue weighted by Gasteiger charge is -2.16. The van der Waals surface area contributed by atoms with Crippen molar-refractivity contribution in [1.29, 1.82) is 0 Å². The Morgan fingerprint density at radius 2 is 1.67 bits per heavy atom. The first-order valence-corrected chi connectivity index (χ1v) is 7.49. The predicted molar refractivity (Wildman–Crippen MR) is 75.0 cm³/mol. The Hall–Kier alpha value is -0.620. The minimum absolute atomic E-state index is 0. The normalized spacial score (nSPS) is 16.5. The van der Waals surface area contributed by atoms with E-state index in [0.29, 0.717) is 19.6 Å². The Bertz CT molecular complexity index is 485. The van der Waals surface area contributed by atoms with Crippen LogP contribution in [0.3, 0.4) is 0 Å². The standard InChI is InChI=1S/C12H18N2O2S.ClH/c13-9-11-5-1-2-6-12(11)10-17(15,16)14-7-3-4-8-14;/h1-2,5-6H,3-4,7-10,13H2;1H. The Morgan fingerprint density at radius 1 is 1.11 bits per heavy atom. The summed E-state index contributed by atoms with van der Waals surface area (Å²) in [5.41, 5.74) is 7.35. The fraction of sp³-hybridized carbons (Fsp3) is 0.500. The van der Waals surface area contributed by atoms with Gasteiger partial charge in [0.2, 0.25) is 10.0 Å². The zero-order valence-electron chi connectivity index (χ0n) is 10.2. The van der Waals surface area contributed by atoms with Crippen molar-refractivity contribution in [3.8, 4) is 0 Å². The molecule has 4 nitrogen and oxygen atoms in total. The molecule has 0 aromatic heterocycles. The maximum Gasteiger partial charge on any atom is 0.218 e. The van der Waals surface area contributed by atoms with Gasteiger partial charge in [0.15, 0.2) is 0 Å². The van der Waals surface area contributed by atoms with E-state index in [0.717, 1.165) is 24.0 Å². The Kier molecular flexibility index (Phi) is 5.59. The van der Waals surface area contributed by atoms with E-state index in [1.165, 1.54) is 0 Å². The number of benzene rings is 1. The molecule has 1 aliphatic rings. The summed E-state index contributed by atoms with van der Waals surface area (Å²) in [4.78, 5) is 0. The molecule has 0 radical (unpaired) electrons. The van der Waals surface area contributed by atoms with Gasteiger partial charge in [-0.25, -0.2) is 12.7 Å². The van der Waals surface area contributed by atoms with Crippen molar-refractivity contribution in [3.63, 3.8) is 0 Å². The Morgan fingerprint density at radius 3 is 2.22 bits per heavy atom. The van der Waals surface area contributed by atoms with E-state index in [4.69, 9.17) is 5.73 Å². The molecule has 1 aliphatic heterocycles. The molecule has 1 aromatic rings. The molecule has 0 aliphatic carbocycles. The largest absolute Gasteiger partial charge is 0.326 e. The van der Waals surface area contributed by atoms with Gasteiger partial charge in [-0.3, -0.25) is 0 Å². The fourth-order valence-electron chi connectivity index (χ4n) is 2.15. The zero-order chi connectivity index (χ0) is 12.3. The first kappa shape index (κ1) is 15.4. The van der Waals surface area contributed by atoms with Crippen molar-refractivity contribution >= 4 is 22.4 Å².